The smallest absolute Gasteiger partial charge is 0.250 e. The summed E-state index contributed by atoms with van der Waals surface area (Å²) in [5, 5.41) is 5.04. The van der Waals surface area contributed by atoms with Gasteiger partial charge in [0.25, 0.3) is 10.0 Å². The van der Waals surface area contributed by atoms with Crippen LogP contribution in [-0.2, 0) is 16.6 Å². The first kappa shape index (κ1) is 16.2. The van der Waals surface area contributed by atoms with Gasteiger partial charge >= 0.3 is 0 Å². The second-order valence-corrected chi connectivity index (χ2v) is 7.70. The molecule has 0 saturated heterocycles. The molecule has 116 valence electrons. The van der Waals surface area contributed by atoms with E-state index in [1.165, 1.54) is 11.3 Å². The van der Waals surface area contributed by atoms with Crippen molar-refractivity contribution in [3.63, 3.8) is 0 Å². The SMILES string of the molecule is CCNCc1csc(S(=O)(=O)NC(C)c2ccc(C)o2)c1. The summed E-state index contributed by atoms with van der Waals surface area (Å²) < 4.78 is 33.1. The molecule has 1 unspecified atom stereocenters. The minimum Gasteiger partial charge on any atom is -0.465 e. The Morgan fingerprint density at radius 3 is 2.76 bits per heavy atom. The van der Waals surface area contributed by atoms with Crippen LogP contribution >= 0.6 is 11.3 Å². The van der Waals surface area contributed by atoms with Crippen LogP contribution in [0.25, 0.3) is 0 Å². The minimum atomic E-state index is -3.52. The van der Waals surface area contributed by atoms with Crippen LogP contribution in [0.15, 0.2) is 32.2 Å². The van der Waals surface area contributed by atoms with Crippen molar-refractivity contribution in [2.45, 2.75) is 37.6 Å². The van der Waals surface area contributed by atoms with Crippen LogP contribution in [0.1, 0.15) is 37.0 Å². The van der Waals surface area contributed by atoms with Crippen LogP contribution in [-0.4, -0.2) is 15.0 Å². The van der Waals surface area contributed by atoms with Crippen molar-refractivity contribution in [2.24, 2.45) is 0 Å². The van der Waals surface area contributed by atoms with Crippen molar-refractivity contribution in [1.82, 2.24) is 10.0 Å². The molecule has 0 bridgehead atoms. The summed E-state index contributed by atoms with van der Waals surface area (Å²) in [6.07, 6.45) is 0. The maximum atomic E-state index is 12.3. The van der Waals surface area contributed by atoms with Gasteiger partial charge in [0.2, 0.25) is 0 Å². The van der Waals surface area contributed by atoms with Crippen LogP contribution in [0.3, 0.4) is 0 Å². The number of nitrogens with one attached hydrogen (secondary N) is 2. The molecule has 7 heteroatoms. The molecule has 2 N–H and O–H groups in total. The van der Waals surface area contributed by atoms with E-state index in [-0.39, 0.29) is 0 Å². The van der Waals surface area contributed by atoms with Gasteiger partial charge in [-0.3, -0.25) is 0 Å². The fraction of sp³-hybridized carbons (Fsp3) is 0.429. The molecule has 0 spiro atoms. The zero-order valence-corrected chi connectivity index (χ0v) is 14.0. The average Bonchev–Trinajstić information content (AvgIpc) is 3.05. The number of hydrogen-bond donors (Lipinski definition) is 2. The first-order valence-corrected chi connectivity index (χ1v) is 9.15. The van der Waals surface area contributed by atoms with Crippen LogP contribution in [0.4, 0.5) is 0 Å². The van der Waals surface area contributed by atoms with Gasteiger partial charge in [-0.2, -0.15) is 0 Å². The van der Waals surface area contributed by atoms with Crippen molar-refractivity contribution in [2.75, 3.05) is 6.54 Å². The van der Waals surface area contributed by atoms with E-state index in [0.29, 0.717) is 16.5 Å². The normalized spacial score (nSPS) is 13.5. The fourth-order valence-electron chi connectivity index (χ4n) is 1.89. The number of sulfonamides is 1. The van der Waals surface area contributed by atoms with Crippen molar-refractivity contribution < 1.29 is 12.8 Å². The maximum Gasteiger partial charge on any atom is 0.250 e. The number of aryl methyl sites for hydroxylation is 1. The molecule has 0 amide bonds. The lowest BCUT2D eigenvalue weighted by molar-refractivity contribution is 0.441. The van der Waals surface area contributed by atoms with Crippen LogP contribution in [0.5, 0.6) is 0 Å². The largest absolute Gasteiger partial charge is 0.465 e. The van der Waals surface area contributed by atoms with E-state index in [1.807, 2.05) is 25.3 Å². The Hall–Kier alpha value is -1.15. The highest BCUT2D eigenvalue weighted by Crippen LogP contribution is 2.23. The summed E-state index contributed by atoms with van der Waals surface area (Å²) >= 11 is 1.23. The lowest BCUT2D eigenvalue weighted by atomic mass is 10.3. The molecule has 2 aromatic heterocycles. The highest BCUT2D eigenvalue weighted by molar-refractivity contribution is 7.91. The van der Waals surface area contributed by atoms with Gasteiger partial charge in [-0.25, -0.2) is 13.1 Å². The number of hydrogen-bond acceptors (Lipinski definition) is 5. The minimum absolute atomic E-state index is 0.325. The summed E-state index contributed by atoms with van der Waals surface area (Å²) in [7, 11) is -3.52. The van der Waals surface area contributed by atoms with E-state index in [1.54, 1.807) is 19.1 Å². The molecule has 2 rings (SSSR count). The lowest BCUT2D eigenvalue weighted by Crippen LogP contribution is -2.26. The van der Waals surface area contributed by atoms with Crippen LogP contribution in [0, 0.1) is 6.92 Å². The molecule has 0 aliphatic heterocycles. The van der Waals surface area contributed by atoms with Gasteiger partial charge in [-0.15, -0.1) is 11.3 Å². The summed E-state index contributed by atoms with van der Waals surface area (Å²) in [6, 6.07) is 4.91. The molecule has 0 radical (unpaired) electrons. The van der Waals surface area contributed by atoms with Gasteiger partial charge in [-0.1, -0.05) is 6.92 Å². The van der Waals surface area contributed by atoms with Gasteiger partial charge in [0.15, 0.2) is 0 Å². The second kappa shape index (κ2) is 6.74. The third-order valence-corrected chi connectivity index (χ3v) is 6.02. The van der Waals surface area contributed by atoms with Gasteiger partial charge in [0.05, 0.1) is 6.04 Å². The first-order valence-electron chi connectivity index (χ1n) is 6.79. The molecule has 0 fully saturated rings. The predicted octanol–water partition coefficient (Wildman–Crippen LogP) is 2.80. The molecule has 1 atom stereocenters. The van der Waals surface area contributed by atoms with E-state index < -0.39 is 16.1 Å². The van der Waals surface area contributed by atoms with E-state index in [2.05, 4.69) is 10.0 Å². The van der Waals surface area contributed by atoms with Gasteiger partial charge in [0.1, 0.15) is 15.7 Å². The summed E-state index contributed by atoms with van der Waals surface area (Å²) in [4.78, 5) is 0. The topological polar surface area (TPSA) is 71.3 Å². The number of rotatable bonds is 7. The molecular weight excluding hydrogens is 308 g/mol. The zero-order chi connectivity index (χ0) is 15.5. The number of furan rings is 1. The third-order valence-electron chi connectivity index (χ3n) is 2.99. The Morgan fingerprint density at radius 2 is 2.14 bits per heavy atom. The van der Waals surface area contributed by atoms with Crippen LogP contribution < -0.4 is 10.0 Å². The quantitative estimate of drug-likeness (QED) is 0.820. The molecule has 2 aromatic rings. The van der Waals surface area contributed by atoms with E-state index in [4.69, 9.17) is 4.42 Å². The summed E-state index contributed by atoms with van der Waals surface area (Å²) in [6.45, 7) is 7.14. The molecule has 0 saturated carbocycles. The van der Waals surface area contributed by atoms with Gasteiger partial charge in [-0.05, 0) is 49.5 Å². The Kier molecular flexibility index (Phi) is 5.21. The Bertz CT molecular complexity index is 689. The molecule has 5 nitrogen and oxygen atoms in total. The number of thiophene rings is 1. The van der Waals surface area contributed by atoms with E-state index >= 15 is 0 Å². The van der Waals surface area contributed by atoms with Crippen LogP contribution in [0.2, 0.25) is 0 Å². The lowest BCUT2D eigenvalue weighted by Gasteiger charge is -2.10. The van der Waals surface area contributed by atoms with Gasteiger partial charge < -0.3 is 9.73 Å². The van der Waals surface area contributed by atoms with Crippen molar-refractivity contribution in [1.29, 1.82) is 0 Å². The monoisotopic (exact) mass is 328 g/mol. The molecule has 21 heavy (non-hydrogen) atoms. The maximum absolute atomic E-state index is 12.3. The van der Waals surface area contributed by atoms with Crippen molar-refractivity contribution in [3.05, 3.63) is 40.7 Å². The first-order chi connectivity index (χ1) is 9.92. The highest BCUT2D eigenvalue weighted by Gasteiger charge is 2.21. The fourth-order valence-corrected chi connectivity index (χ4v) is 4.33. The molecular formula is C14H20N2O3S2. The third kappa shape index (κ3) is 4.16. The summed E-state index contributed by atoms with van der Waals surface area (Å²) in [5.41, 5.74) is 0.976. The molecule has 2 heterocycles. The predicted molar refractivity (Wildman–Crippen MR) is 83.9 cm³/mol. The summed E-state index contributed by atoms with van der Waals surface area (Å²) in [5.74, 6) is 1.38. The second-order valence-electron chi connectivity index (χ2n) is 4.85. The van der Waals surface area contributed by atoms with Gasteiger partial charge in [0, 0.05) is 6.54 Å². The molecule has 0 aromatic carbocycles. The van der Waals surface area contributed by atoms with E-state index in [0.717, 1.165) is 17.9 Å². The average molecular weight is 328 g/mol. The molecule has 0 aliphatic rings. The van der Waals surface area contributed by atoms with Crippen molar-refractivity contribution >= 4 is 21.4 Å². The Morgan fingerprint density at radius 1 is 1.38 bits per heavy atom. The van der Waals surface area contributed by atoms with E-state index in [9.17, 15) is 8.42 Å². The highest BCUT2D eigenvalue weighted by atomic mass is 32.2. The Balaban J connectivity index is 2.09. The molecule has 0 aliphatic carbocycles. The Labute approximate surface area is 129 Å². The standard InChI is InChI=1S/C14H20N2O3S2/c1-4-15-8-12-7-14(20-9-12)21(17,18)16-11(3)13-6-5-10(2)19-13/h5-7,9,11,15-16H,4,8H2,1-3H3. The van der Waals surface area contributed by atoms with Crippen molar-refractivity contribution in [3.8, 4) is 0 Å². The zero-order valence-electron chi connectivity index (χ0n) is 12.3.